The molecule has 1 aromatic carbocycles. The van der Waals surface area contributed by atoms with Gasteiger partial charge in [0.15, 0.2) is 0 Å². The first-order valence-corrected chi connectivity index (χ1v) is 7.04. The van der Waals surface area contributed by atoms with E-state index in [1.807, 2.05) is 6.07 Å². The van der Waals surface area contributed by atoms with Crippen LogP contribution in [0.25, 0.3) is 0 Å². The fraction of sp³-hybridized carbons (Fsp3) is 0.400. The lowest BCUT2D eigenvalue weighted by Crippen LogP contribution is -2.22. The zero-order chi connectivity index (χ0) is 11.9. The molecular formula is C10H12BrNO3S. The van der Waals surface area contributed by atoms with Crippen molar-refractivity contribution in [2.75, 3.05) is 20.7 Å². The third-order valence-electron chi connectivity index (χ3n) is 2.47. The summed E-state index contributed by atoms with van der Waals surface area (Å²) in [7, 11) is -0.423. The first-order valence-electron chi connectivity index (χ1n) is 4.80. The minimum atomic E-state index is -3.45. The smallest absolute Gasteiger partial charge is 0.246 e. The van der Waals surface area contributed by atoms with Crippen LogP contribution in [0.4, 0.5) is 0 Å². The van der Waals surface area contributed by atoms with Crippen molar-refractivity contribution in [2.24, 2.45) is 0 Å². The average Bonchev–Trinajstić information content (AvgIpc) is 2.63. The number of halogens is 1. The highest BCUT2D eigenvalue weighted by Crippen LogP contribution is 2.36. The van der Waals surface area contributed by atoms with Crippen LogP contribution >= 0.6 is 15.9 Å². The molecule has 1 heterocycles. The Hall–Kier alpha value is -0.590. The molecule has 6 heteroatoms. The lowest BCUT2D eigenvalue weighted by molar-refractivity contribution is 0.347. The van der Waals surface area contributed by atoms with Crippen LogP contribution in [0.5, 0.6) is 5.75 Å². The topological polar surface area (TPSA) is 46.6 Å². The van der Waals surface area contributed by atoms with Crippen molar-refractivity contribution in [2.45, 2.75) is 11.3 Å². The minimum Gasteiger partial charge on any atom is -0.492 e. The zero-order valence-corrected chi connectivity index (χ0v) is 11.4. The fourth-order valence-corrected chi connectivity index (χ4v) is 3.37. The second-order valence-corrected chi connectivity index (χ2v) is 6.81. The van der Waals surface area contributed by atoms with E-state index in [0.717, 1.165) is 16.5 Å². The predicted molar refractivity (Wildman–Crippen MR) is 64.2 cm³/mol. The van der Waals surface area contributed by atoms with E-state index in [9.17, 15) is 8.42 Å². The molecule has 0 amide bonds. The van der Waals surface area contributed by atoms with Gasteiger partial charge in [-0.15, -0.1) is 0 Å². The van der Waals surface area contributed by atoms with Crippen LogP contribution in [-0.2, 0) is 16.4 Å². The van der Waals surface area contributed by atoms with E-state index >= 15 is 0 Å². The molecule has 0 aliphatic carbocycles. The molecule has 0 unspecified atom stereocenters. The highest BCUT2D eigenvalue weighted by atomic mass is 79.9. The lowest BCUT2D eigenvalue weighted by Gasteiger charge is -2.14. The standard InChI is InChI=1S/C10H12BrNO3S/c1-12(2)16(13,14)9-6-8(11)5-7-3-4-15-10(7)9/h5-6H,3-4H2,1-2H3. The Morgan fingerprint density at radius 1 is 1.38 bits per heavy atom. The van der Waals surface area contributed by atoms with Crippen molar-refractivity contribution in [3.63, 3.8) is 0 Å². The monoisotopic (exact) mass is 305 g/mol. The van der Waals surface area contributed by atoms with Gasteiger partial charge in [-0.3, -0.25) is 0 Å². The first-order chi connectivity index (χ1) is 7.43. The number of benzene rings is 1. The van der Waals surface area contributed by atoms with Gasteiger partial charge in [0.1, 0.15) is 10.6 Å². The quantitative estimate of drug-likeness (QED) is 0.834. The summed E-state index contributed by atoms with van der Waals surface area (Å²) in [5.74, 6) is 0.497. The number of fused-ring (bicyclic) bond motifs is 1. The molecule has 0 radical (unpaired) electrons. The SMILES string of the molecule is CN(C)S(=O)(=O)c1cc(Br)cc2c1OCC2. The van der Waals surface area contributed by atoms with E-state index in [0.29, 0.717) is 12.4 Å². The molecule has 0 saturated carbocycles. The molecule has 88 valence electrons. The van der Waals surface area contributed by atoms with Crippen LogP contribution in [-0.4, -0.2) is 33.4 Å². The van der Waals surface area contributed by atoms with Crippen LogP contribution in [0.2, 0.25) is 0 Å². The first kappa shape index (κ1) is 11.9. The Labute approximate surface area is 103 Å². The van der Waals surface area contributed by atoms with Crippen molar-refractivity contribution >= 4 is 26.0 Å². The third kappa shape index (κ3) is 1.85. The lowest BCUT2D eigenvalue weighted by atomic mass is 10.2. The Morgan fingerprint density at radius 2 is 2.06 bits per heavy atom. The van der Waals surface area contributed by atoms with Crippen LogP contribution in [0, 0.1) is 0 Å². The van der Waals surface area contributed by atoms with Crippen molar-refractivity contribution < 1.29 is 13.2 Å². The summed E-state index contributed by atoms with van der Waals surface area (Å²) in [6, 6.07) is 3.48. The molecule has 0 aromatic heterocycles. The summed E-state index contributed by atoms with van der Waals surface area (Å²) in [6.07, 6.45) is 0.755. The van der Waals surface area contributed by atoms with Gasteiger partial charge in [-0.1, -0.05) is 15.9 Å². The van der Waals surface area contributed by atoms with E-state index in [-0.39, 0.29) is 4.90 Å². The summed E-state index contributed by atoms with van der Waals surface area (Å²) in [5.41, 5.74) is 0.940. The number of ether oxygens (including phenoxy) is 1. The van der Waals surface area contributed by atoms with Gasteiger partial charge < -0.3 is 4.74 Å². The minimum absolute atomic E-state index is 0.236. The molecule has 0 atom stereocenters. The number of rotatable bonds is 2. The van der Waals surface area contributed by atoms with Crippen LogP contribution in [0.3, 0.4) is 0 Å². The van der Waals surface area contributed by atoms with Gasteiger partial charge in [-0.2, -0.15) is 0 Å². The molecular weight excluding hydrogens is 294 g/mol. The summed E-state index contributed by atoms with van der Waals surface area (Å²) in [5, 5.41) is 0. The molecule has 4 nitrogen and oxygen atoms in total. The van der Waals surface area contributed by atoms with E-state index < -0.39 is 10.0 Å². The normalized spacial score (nSPS) is 15.0. The molecule has 1 aromatic rings. The Morgan fingerprint density at radius 3 is 2.69 bits per heavy atom. The van der Waals surface area contributed by atoms with Crippen molar-refractivity contribution in [1.29, 1.82) is 0 Å². The van der Waals surface area contributed by atoms with Gasteiger partial charge in [0.05, 0.1) is 6.61 Å². The van der Waals surface area contributed by atoms with Crippen LogP contribution in [0.1, 0.15) is 5.56 Å². The van der Waals surface area contributed by atoms with E-state index in [1.165, 1.54) is 18.4 Å². The van der Waals surface area contributed by atoms with E-state index in [2.05, 4.69) is 15.9 Å². The van der Waals surface area contributed by atoms with Gasteiger partial charge >= 0.3 is 0 Å². The molecule has 16 heavy (non-hydrogen) atoms. The summed E-state index contributed by atoms with van der Waals surface area (Å²) >= 11 is 3.32. The average molecular weight is 306 g/mol. The zero-order valence-electron chi connectivity index (χ0n) is 9.03. The Balaban J connectivity index is 2.67. The maximum atomic E-state index is 12.1. The summed E-state index contributed by atoms with van der Waals surface area (Å²) < 4.78 is 31.5. The number of nitrogens with zero attached hydrogens (tertiary/aromatic N) is 1. The Bertz CT molecular complexity index is 525. The highest BCUT2D eigenvalue weighted by molar-refractivity contribution is 9.10. The summed E-state index contributed by atoms with van der Waals surface area (Å²) in [6.45, 7) is 0.543. The Kier molecular flexibility index (Phi) is 2.98. The molecule has 0 fully saturated rings. The van der Waals surface area contributed by atoms with Gasteiger partial charge in [0.25, 0.3) is 0 Å². The number of hydrogen-bond acceptors (Lipinski definition) is 3. The molecule has 2 rings (SSSR count). The van der Waals surface area contributed by atoms with E-state index in [4.69, 9.17) is 4.74 Å². The number of sulfonamides is 1. The van der Waals surface area contributed by atoms with E-state index in [1.54, 1.807) is 6.07 Å². The van der Waals surface area contributed by atoms with Crippen LogP contribution < -0.4 is 4.74 Å². The fourth-order valence-electron chi connectivity index (χ4n) is 1.62. The van der Waals surface area contributed by atoms with Crippen molar-refractivity contribution in [3.05, 3.63) is 22.2 Å². The molecule has 0 saturated heterocycles. The van der Waals surface area contributed by atoms with Crippen molar-refractivity contribution in [3.8, 4) is 5.75 Å². The predicted octanol–water partition coefficient (Wildman–Crippen LogP) is 1.63. The largest absolute Gasteiger partial charge is 0.492 e. The molecule has 0 spiro atoms. The van der Waals surface area contributed by atoms with Crippen molar-refractivity contribution in [1.82, 2.24) is 4.31 Å². The molecule has 0 N–H and O–H groups in total. The van der Waals surface area contributed by atoms with Crippen LogP contribution in [0.15, 0.2) is 21.5 Å². The van der Waals surface area contributed by atoms with Gasteiger partial charge in [-0.05, 0) is 12.1 Å². The number of hydrogen-bond donors (Lipinski definition) is 0. The third-order valence-corrected chi connectivity index (χ3v) is 4.75. The summed E-state index contributed by atoms with van der Waals surface area (Å²) in [4.78, 5) is 0.236. The molecule has 1 aliphatic heterocycles. The maximum Gasteiger partial charge on any atom is 0.246 e. The van der Waals surface area contributed by atoms with Gasteiger partial charge in [0.2, 0.25) is 10.0 Å². The molecule has 0 bridgehead atoms. The second kappa shape index (κ2) is 4.01. The second-order valence-electron chi connectivity index (χ2n) is 3.78. The molecule has 1 aliphatic rings. The maximum absolute atomic E-state index is 12.1. The van der Waals surface area contributed by atoms with Gasteiger partial charge in [-0.25, -0.2) is 12.7 Å². The van der Waals surface area contributed by atoms with Gasteiger partial charge in [0, 0.05) is 30.6 Å². The highest BCUT2D eigenvalue weighted by Gasteiger charge is 2.27.